The van der Waals surface area contributed by atoms with E-state index in [9.17, 15) is 4.79 Å². The minimum atomic E-state index is -0.0237. The minimum absolute atomic E-state index is 0.0237. The van der Waals surface area contributed by atoms with Crippen molar-refractivity contribution >= 4 is 49.8 Å². The van der Waals surface area contributed by atoms with Crippen molar-refractivity contribution in [2.75, 3.05) is 26.2 Å². The summed E-state index contributed by atoms with van der Waals surface area (Å²) in [5.41, 5.74) is 2.85. The van der Waals surface area contributed by atoms with Gasteiger partial charge in [0.15, 0.2) is 0 Å². The first kappa shape index (κ1) is 19.5. The van der Waals surface area contributed by atoms with Crippen molar-refractivity contribution in [1.82, 2.24) is 15.2 Å². The van der Waals surface area contributed by atoms with E-state index in [4.69, 9.17) is 11.6 Å². The summed E-state index contributed by atoms with van der Waals surface area (Å²) in [5.74, 6) is -0.0237. The molecule has 0 atom stereocenters. The Hall–Kier alpha value is -2.47. The second-order valence-corrected chi connectivity index (χ2v) is 9.09. The standard InChI is InChI=1S/C24H22ClN3OS/c25-17-9-7-16(8-10-17)21-19-15-27-20-6-2-1-5-18(20)22(19)30-23(21)24(29)26-11-14-28-12-3-4-13-28/h1-2,5-10,15H,3-4,11-14H2,(H,26,29). The number of amides is 1. The molecule has 2 aromatic carbocycles. The number of pyridine rings is 1. The SMILES string of the molecule is O=C(NCCN1CCCC1)c1sc2c(cnc3ccccc32)c1-c1ccc(Cl)cc1. The quantitative estimate of drug-likeness (QED) is 0.444. The van der Waals surface area contributed by atoms with Gasteiger partial charge in [0.25, 0.3) is 5.91 Å². The molecule has 1 aliphatic rings. The monoisotopic (exact) mass is 435 g/mol. The van der Waals surface area contributed by atoms with Crippen molar-refractivity contribution < 1.29 is 4.79 Å². The molecule has 1 amide bonds. The lowest BCUT2D eigenvalue weighted by molar-refractivity contribution is 0.0954. The summed E-state index contributed by atoms with van der Waals surface area (Å²) in [6, 6.07) is 15.8. The van der Waals surface area contributed by atoms with Crippen LogP contribution in [0.3, 0.4) is 0 Å². The molecule has 3 heterocycles. The molecule has 0 spiro atoms. The first-order valence-electron chi connectivity index (χ1n) is 10.3. The molecular formula is C24H22ClN3OS. The fraction of sp³-hybridized carbons (Fsp3) is 0.250. The third kappa shape index (κ3) is 3.69. The molecule has 4 aromatic rings. The van der Waals surface area contributed by atoms with E-state index in [1.807, 2.05) is 48.7 Å². The van der Waals surface area contributed by atoms with Gasteiger partial charge in [-0.3, -0.25) is 9.78 Å². The van der Waals surface area contributed by atoms with E-state index in [1.54, 1.807) is 11.3 Å². The number of thiophene rings is 1. The number of fused-ring (bicyclic) bond motifs is 3. The van der Waals surface area contributed by atoms with Gasteiger partial charge in [0.05, 0.1) is 5.52 Å². The van der Waals surface area contributed by atoms with Crippen molar-refractivity contribution in [3.8, 4) is 11.1 Å². The summed E-state index contributed by atoms with van der Waals surface area (Å²) in [4.78, 5) is 21.0. The number of carbonyl (C=O) groups is 1. The number of rotatable bonds is 5. The van der Waals surface area contributed by atoms with Crippen LogP contribution in [-0.4, -0.2) is 42.0 Å². The van der Waals surface area contributed by atoms with Gasteiger partial charge in [-0.05, 0) is 49.7 Å². The number of hydrogen-bond donors (Lipinski definition) is 1. The lowest BCUT2D eigenvalue weighted by Crippen LogP contribution is -2.33. The summed E-state index contributed by atoms with van der Waals surface area (Å²) < 4.78 is 1.09. The summed E-state index contributed by atoms with van der Waals surface area (Å²) in [7, 11) is 0. The Bertz CT molecular complexity index is 1210. The van der Waals surface area contributed by atoms with Gasteiger partial charge in [0.1, 0.15) is 4.88 Å². The van der Waals surface area contributed by atoms with E-state index in [2.05, 4.69) is 21.3 Å². The van der Waals surface area contributed by atoms with Gasteiger partial charge in [-0.2, -0.15) is 0 Å². The van der Waals surface area contributed by atoms with E-state index in [-0.39, 0.29) is 5.91 Å². The molecule has 0 saturated carbocycles. The van der Waals surface area contributed by atoms with Crippen LogP contribution in [0.5, 0.6) is 0 Å². The Kier molecular flexibility index (Phi) is 5.42. The predicted molar refractivity (Wildman–Crippen MR) is 126 cm³/mol. The summed E-state index contributed by atoms with van der Waals surface area (Å²) in [5, 5.41) is 5.90. The number of aromatic nitrogens is 1. The lowest BCUT2D eigenvalue weighted by Gasteiger charge is -2.14. The molecule has 2 aromatic heterocycles. The predicted octanol–water partition coefficient (Wildman–Crippen LogP) is 5.60. The maximum atomic E-state index is 13.2. The Morgan fingerprint density at radius 3 is 2.63 bits per heavy atom. The van der Waals surface area contributed by atoms with E-state index in [1.165, 1.54) is 12.8 Å². The average molecular weight is 436 g/mol. The first-order chi connectivity index (χ1) is 14.7. The third-order valence-corrected chi connectivity index (χ3v) is 7.17. The largest absolute Gasteiger partial charge is 0.350 e. The van der Waals surface area contributed by atoms with Crippen molar-refractivity contribution in [3.63, 3.8) is 0 Å². The van der Waals surface area contributed by atoms with E-state index in [0.717, 1.165) is 56.6 Å². The molecule has 4 nitrogen and oxygen atoms in total. The van der Waals surface area contributed by atoms with Crippen molar-refractivity contribution in [2.24, 2.45) is 0 Å². The van der Waals surface area contributed by atoms with Crippen LogP contribution < -0.4 is 5.32 Å². The van der Waals surface area contributed by atoms with Gasteiger partial charge in [-0.25, -0.2) is 0 Å². The number of halogens is 1. The molecule has 0 radical (unpaired) electrons. The Balaban J connectivity index is 1.56. The smallest absolute Gasteiger partial charge is 0.262 e. The Labute approximate surface area is 184 Å². The van der Waals surface area contributed by atoms with Gasteiger partial charge in [-0.15, -0.1) is 11.3 Å². The molecule has 0 bridgehead atoms. The lowest BCUT2D eigenvalue weighted by atomic mass is 10.0. The fourth-order valence-corrected chi connectivity index (χ4v) is 5.53. The van der Waals surface area contributed by atoms with Gasteiger partial charge < -0.3 is 10.2 Å². The molecule has 1 N–H and O–H groups in total. The van der Waals surface area contributed by atoms with Crippen LogP contribution in [0.1, 0.15) is 22.5 Å². The molecule has 1 fully saturated rings. The molecule has 152 valence electrons. The van der Waals surface area contributed by atoms with E-state index >= 15 is 0 Å². The number of para-hydroxylation sites is 1. The van der Waals surface area contributed by atoms with Crippen LogP contribution in [0, 0.1) is 0 Å². The minimum Gasteiger partial charge on any atom is -0.350 e. The highest BCUT2D eigenvalue weighted by atomic mass is 35.5. The number of benzene rings is 2. The van der Waals surface area contributed by atoms with Crippen molar-refractivity contribution in [1.29, 1.82) is 0 Å². The second kappa shape index (κ2) is 8.34. The highest BCUT2D eigenvalue weighted by Crippen LogP contribution is 2.41. The van der Waals surface area contributed by atoms with Crippen LogP contribution in [0.15, 0.2) is 54.7 Å². The van der Waals surface area contributed by atoms with E-state index in [0.29, 0.717) is 11.6 Å². The van der Waals surface area contributed by atoms with Gasteiger partial charge in [-0.1, -0.05) is 41.9 Å². The maximum Gasteiger partial charge on any atom is 0.262 e. The molecule has 5 rings (SSSR count). The van der Waals surface area contributed by atoms with Crippen molar-refractivity contribution in [3.05, 3.63) is 64.6 Å². The zero-order valence-corrected chi connectivity index (χ0v) is 18.1. The highest BCUT2D eigenvalue weighted by molar-refractivity contribution is 7.22. The molecule has 0 aliphatic carbocycles. The average Bonchev–Trinajstić information content (AvgIpc) is 3.42. The van der Waals surface area contributed by atoms with E-state index < -0.39 is 0 Å². The maximum absolute atomic E-state index is 13.2. The van der Waals surface area contributed by atoms with Crippen molar-refractivity contribution in [2.45, 2.75) is 12.8 Å². The first-order valence-corrected chi connectivity index (χ1v) is 11.5. The van der Waals surface area contributed by atoms with Gasteiger partial charge in [0.2, 0.25) is 0 Å². The van der Waals surface area contributed by atoms with Gasteiger partial charge >= 0.3 is 0 Å². The van der Waals surface area contributed by atoms with Crippen LogP contribution in [0.2, 0.25) is 5.02 Å². The molecular weight excluding hydrogens is 414 g/mol. The van der Waals surface area contributed by atoms with Crippen LogP contribution in [0.4, 0.5) is 0 Å². The highest BCUT2D eigenvalue weighted by Gasteiger charge is 2.22. The zero-order valence-electron chi connectivity index (χ0n) is 16.5. The molecule has 6 heteroatoms. The molecule has 0 unspecified atom stereocenters. The number of hydrogen-bond acceptors (Lipinski definition) is 4. The van der Waals surface area contributed by atoms with Crippen LogP contribution in [-0.2, 0) is 0 Å². The number of nitrogens with zero attached hydrogens (tertiary/aromatic N) is 2. The number of nitrogens with one attached hydrogen (secondary N) is 1. The normalized spacial score (nSPS) is 14.6. The topological polar surface area (TPSA) is 45.2 Å². The molecule has 1 aliphatic heterocycles. The van der Waals surface area contributed by atoms with Crippen LogP contribution in [0.25, 0.3) is 32.1 Å². The second-order valence-electron chi connectivity index (χ2n) is 7.64. The zero-order chi connectivity index (χ0) is 20.5. The fourth-order valence-electron chi connectivity index (χ4n) is 4.16. The molecule has 30 heavy (non-hydrogen) atoms. The Morgan fingerprint density at radius 2 is 1.83 bits per heavy atom. The number of carbonyl (C=O) groups excluding carboxylic acids is 1. The van der Waals surface area contributed by atoms with Crippen LogP contribution >= 0.6 is 22.9 Å². The number of likely N-dealkylation sites (tertiary alicyclic amines) is 1. The molecule has 1 saturated heterocycles. The van der Waals surface area contributed by atoms with Gasteiger partial charge in [0, 0.05) is 45.3 Å². The third-order valence-electron chi connectivity index (χ3n) is 5.68. The summed E-state index contributed by atoms with van der Waals surface area (Å²) in [6.07, 6.45) is 4.40. The summed E-state index contributed by atoms with van der Waals surface area (Å²) in [6.45, 7) is 3.82. The Morgan fingerprint density at radius 1 is 1.07 bits per heavy atom. The summed E-state index contributed by atoms with van der Waals surface area (Å²) >= 11 is 7.65.